The van der Waals surface area contributed by atoms with Crippen LogP contribution in [0.5, 0.6) is 0 Å². The molecule has 1 nitrogen and oxygen atoms in total. The van der Waals surface area contributed by atoms with Gasteiger partial charge in [0.25, 0.3) is 0 Å². The van der Waals surface area contributed by atoms with Crippen molar-refractivity contribution >= 4 is 5.78 Å². The van der Waals surface area contributed by atoms with Crippen LogP contribution in [0.4, 0.5) is 0 Å². The van der Waals surface area contributed by atoms with Crippen molar-refractivity contribution < 1.29 is 4.79 Å². The number of hydrogen-bond donors (Lipinski definition) is 0. The highest BCUT2D eigenvalue weighted by molar-refractivity contribution is 5.82. The molecule has 1 heteroatoms. The Bertz CT molecular complexity index is 744. The minimum Gasteiger partial charge on any atom is -0.299 e. The smallest absolute Gasteiger partial charge is 0.136 e. The molecule has 4 aliphatic carbocycles. The van der Waals surface area contributed by atoms with E-state index < -0.39 is 0 Å². The van der Waals surface area contributed by atoms with Crippen LogP contribution in [0.3, 0.4) is 0 Å². The van der Waals surface area contributed by atoms with Crippen LogP contribution < -0.4 is 0 Å². The maximum Gasteiger partial charge on any atom is 0.136 e. The molecule has 1 unspecified atom stereocenters. The number of hydrogen-bond acceptors (Lipinski definition) is 1. The predicted octanol–water partition coefficient (Wildman–Crippen LogP) is 8.40. The van der Waals surface area contributed by atoms with Crippen LogP contribution in [0.2, 0.25) is 0 Å². The van der Waals surface area contributed by atoms with Gasteiger partial charge < -0.3 is 0 Å². The molecule has 174 valence electrons. The van der Waals surface area contributed by atoms with Crippen LogP contribution in [0.1, 0.15) is 106 Å². The molecular formula is C30H48O. The van der Waals surface area contributed by atoms with Crippen LogP contribution >= 0.6 is 0 Å². The fraction of sp³-hybridized carbons (Fsp3) is 0.833. The van der Waals surface area contributed by atoms with E-state index in [1.54, 1.807) is 0 Å². The first-order valence-electron chi connectivity index (χ1n) is 13.5. The lowest BCUT2D eigenvalue weighted by atomic mass is 9.44. The lowest BCUT2D eigenvalue weighted by Crippen LogP contribution is -2.53. The number of carbonyl (C=O) groups excluding carboxylic acids is 1. The molecule has 4 rings (SSSR count). The first-order valence-corrected chi connectivity index (χ1v) is 13.5. The molecule has 31 heavy (non-hydrogen) atoms. The molecule has 4 aliphatic rings. The number of allylic oxidation sites excluding steroid dienone is 3. The third kappa shape index (κ3) is 3.91. The van der Waals surface area contributed by atoms with Crippen molar-refractivity contribution in [2.24, 2.45) is 52.3 Å². The summed E-state index contributed by atoms with van der Waals surface area (Å²) in [7, 11) is 0. The van der Waals surface area contributed by atoms with Gasteiger partial charge in [0.2, 0.25) is 0 Å². The lowest BCUT2D eigenvalue weighted by Gasteiger charge is -2.60. The molecule has 8 atom stereocenters. The Morgan fingerprint density at radius 2 is 1.84 bits per heavy atom. The normalized spacial score (nSPS) is 43.1. The average Bonchev–Trinajstić information content (AvgIpc) is 3.05. The second kappa shape index (κ2) is 8.49. The molecule has 0 bridgehead atoms. The van der Waals surface area contributed by atoms with Crippen molar-refractivity contribution in [3.8, 4) is 0 Å². The van der Waals surface area contributed by atoms with E-state index in [1.807, 2.05) is 0 Å². The van der Waals surface area contributed by atoms with Gasteiger partial charge >= 0.3 is 0 Å². The summed E-state index contributed by atoms with van der Waals surface area (Å²) in [5, 5.41) is 0. The van der Waals surface area contributed by atoms with Crippen molar-refractivity contribution in [3.05, 3.63) is 23.8 Å². The van der Waals surface area contributed by atoms with Gasteiger partial charge in [-0.25, -0.2) is 0 Å². The Morgan fingerprint density at radius 1 is 1.10 bits per heavy atom. The SMILES string of the molecule is C=C(C)C1C=C2CC(=O)CC[C@]2(C)[C@H]2CC[C@]3(C)[C@@H]([C@H](C)CCCC(C)C)CC[C@H]3[C@H]12. The van der Waals surface area contributed by atoms with E-state index in [-0.39, 0.29) is 5.41 Å². The summed E-state index contributed by atoms with van der Waals surface area (Å²) in [6.45, 7) is 19.2. The Balaban J connectivity index is 1.61. The highest BCUT2D eigenvalue weighted by atomic mass is 16.1. The Morgan fingerprint density at radius 3 is 2.52 bits per heavy atom. The quantitative estimate of drug-likeness (QED) is 0.391. The molecule has 0 spiro atoms. The topological polar surface area (TPSA) is 17.1 Å². The van der Waals surface area contributed by atoms with Gasteiger partial charge in [0, 0.05) is 18.8 Å². The van der Waals surface area contributed by atoms with Crippen LogP contribution in [-0.4, -0.2) is 5.78 Å². The van der Waals surface area contributed by atoms with Crippen LogP contribution in [0.25, 0.3) is 0 Å². The van der Waals surface area contributed by atoms with E-state index in [2.05, 4.69) is 54.2 Å². The minimum atomic E-state index is 0.257. The Kier molecular flexibility index (Phi) is 6.39. The summed E-state index contributed by atoms with van der Waals surface area (Å²) >= 11 is 0. The Hall–Kier alpha value is -0.850. The van der Waals surface area contributed by atoms with Gasteiger partial charge in [-0.2, -0.15) is 0 Å². The largest absolute Gasteiger partial charge is 0.299 e. The van der Waals surface area contributed by atoms with Gasteiger partial charge in [-0.1, -0.05) is 77.7 Å². The van der Waals surface area contributed by atoms with Crippen LogP contribution in [-0.2, 0) is 4.79 Å². The number of rotatable bonds is 6. The molecule has 3 fully saturated rings. The fourth-order valence-corrected chi connectivity index (χ4v) is 9.00. The maximum absolute atomic E-state index is 12.3. The third-order valence-corrected chi connectivity index (χ3v) is 10.8. The molecule has 0 aromatic heterocycles. The first-order chi connectivity index (χ1) is 14.6. The summed E-state index contributed by atoms with van der Waals surface area (Å²) in [6.07, 6.45) is 14.9. The molecule has 0 aliphatic heterocycles. The lowest BCUT2D eigenvalue weighted by molar-refractivity contribution is -0.123. The van der Waals surface area contributed by atoms with Crippen molar-refractivity contribution in [3.63, 3.8) is 0 Å². The Labute approximate surface area is 192 Å². The highest BCUT2D eigenvalue weighted by Crippen LogP contribution is 2.68. The maximum atomic E-state index is 12.3. The standard InChI is InChI=1S/C30H48O/c1-19(2)9-8-10-21(5)25-11-12-26-28-24(20(3)4)18-22-17-23(31)13-15-29(22,6)27(28)14-16-30(25,26)7/h18-19,21,24-28H,3,8-17H2,1-2,4-7H3/t21-,24?,25-,26+,27+,28+,29+,30-/m1/s1. The van der Waals surface area contributed by atoms with Gasteiger partial charge in [-0.15, -0.1) is 0 Å². The molecule has 0 saturated heterocycles. The summed E-state index contributed by atoms with van der Waals surface area (Å²) < 4.78 is 0. The van der Waals surface area contributed by atoms with Gasteiger partial charge in [-0.05, 0) is 85.4 Å². The monoisotopic (exact) mass is 424 g/mol. The van der Waals surface area contributed by atoms with E-state index in [0.717, 1.165) is 48.3 Å². The van der Waals surface area contributed by atoms with Gasteiger partial charge in [0.1, 0.15) is 5.78 Å². The zero-order chi connectivity index (χ0) is 22.6. The van der Waals surface area contributed by atoms with Crippen molar-refractivity contribution in [1.82, 2.24) is 0 Å². The second-order valence-electron chi connectivity index (χ2n) is 13.0. The summed E-state index contributed by atoms with van der Waals surface area (Å²) in [5.74, 6) is 5.84. The third-order valence-electron chi connectivity index (χ3n) is 10.8. The molecule has 3 saturated carbocycles. The van der Waals surface area contributed by atoms with E-state index in [9.17, 15) is 4.79 Å². The predicted molar refractivity (Wildman–Crippen MR) is 132 cm³/mol. The molecule has 0 N–H and O–H groups in total. The van der Waals surface area contributed by atoms with Gasteiger partial charge in [0.15, 0.2) is 0 Å². The number of Topliss-reactive ketones (excluding diaryl/α,β-unsaturated/α-hetero) is 1. The minimum absolute atomic E-state index is 0.257. The summed E-state index contributed by atoms with van der Waals surface area (Å²) in [5.41, 5.74) is 3.56. The van der Waals surface area contributed by atoms with Gasteiger partial charge in [-0.3, -0.25) is 4.79 Å². The van der Waals surface area contributed by atoms with Crippen LogP contribution in [0, 0.1) is 52.3 Å². The van der Waals surface area contributed by atoms with Crippen LogP contribution in [0.15, 0.2) is 23.8 Å². The van der Waals surface area contributed by atoms with E-state index in [4.69, 9.17) is 0 Å². The summed E-state index contributed by atoms with van der Waals surface area (Å²) in [4.78, 5) is 12.3. The number of carbonyl (C=O) groups is 1. The van der Waals surface area contributed by atoms with E-state index in [1.165, 1.54) is 56.1 Å². The van der Waals surface area contributed by atoms with Crippen molar-refractivity contribution in [1.29, 1.82) is 0 Å². The zero-order valence-electron chi connectivity index (χ0n) is 21.3. The molecule has 0 amide bonds. The number of ketones is 1. The second-order valence-corrected chi connectivity index (χ2v) is 13.0. The molecule has 0 radical (unpaired) electrons. The number of fused-ring (bicyclic) bond motifs is 5. The molecular weight excluding hydrogens is 376 g/mol. The molecule has 0 aromatic carbocycles. The first kappa shape index (κ1) is 23.3. The molecule has 0 heterocycles. The van der Waals surface area contributed by atoms with Crippen molar-refractivity contribution in [2.75, 3.05) is 0 Å². The van der Waals surface area contributed by atoms with E-state index in [0.29, 0.717) is 23.5 Å². The molecule has 0 aromatic rings. The van der Waals surface area contributed by atoms with Gasteiger partial charge in [0.05, 0.1) is 0 Å². The average molecular weight is 425 g/mol. The fourth-order valence-electron chi connectivity index (χ4n) is 9.00. The highest BCUT2D eigenvalue weighted by Gasteiger charge is 2.61. The summed E-state index contributed by atoms with van der Waals surface area (Å²) in [6, 6.07) is 0. The zero-order valence-corrected chi connectivity index (χ0v) is 21.3. The van der Waals surface area contributed by atoms with E-state index >= 15 is 0 Å². The van der Waals surface area contributed by atoms with Crippen molar-refractivity contribution in [2.45, 2.75) is 106 Å².